The van der Waals surface area contributed by atoms with Crippen LogP contribution in [0.2, 0.25) is 6.04 Å². The molecular formula is C11H24OSi. The Morgan fingerprint density at radius 2 is 1.54 bits per heavy atom. The van der Waals surface area contributed by atoms with Gasteiger partial charge in [0, 0.05) is 6.61 Å². The third kappa shape index (κ3) is 12.2. The summed E-state index contributed by atoms with van der Waals surface area (Å²) in [6.07, 6.45) is 9.34. The van der Waals surface area contributed by atoms with E-state index in [0.717, 1.165) is 16.4 Å². The number of hydrogen-bond acceptors (Lipinski definition) is 1. The van der Waals surface area contributed by atoms with Crippen molar-refractivity contribution in [2.45, 2.75) is 64.8 Å². The van der Waals surface area contributed by atoms with Crippen molar-refractivity contribution in [3.8, 4) is 0 Å². The van der Waals surface area contributed by atoms with Crippen molar-refractivity contribution >= 4 is 9.76 Å². The molecule has 0 saturated heterocycles. The monoisotopic (exact) mass is 200 g/mol. The van der Waals surface area contributed by atoms with Gasteiger partial charge in [0.15, 0.2) is 0 Å². The van der Waals surface area contributed by atoms with Crippen LogP contribution in [-0.2, 0) is 4.43 Å². The molecule has 0 saturated carbocycles. The quantitative estimate of drug-likeness (QED) is 0.385. The Bertz CT molecular complexity index is 76.2. The van der Waals surface area contributed by atoms with E-state index in [-0.39, 0.29) is 0 Å². The molecule has 0 N–H and O–H groups in total. The summed E-state index contributed by atoms with van der Waals surface area (Å²) in [5.74, 6) is 0. The van der Waals surface area contributed by atoms with Gasteiger partial charge in [-0.05, 0) is 12.5 Å². The Morgan fingerprint density at radius 1 is 0.846 bits per heavy atom. The Hall–Kier alpha value is 0.177. The lowest BCUT2D eigenvalue weighted by Crippen LogP contribution is -2.00. The molecule has 0 amide bonds. The average Bonchev–Trinajstić information content (AvgIpc) is 2.16. The van der Waals surface area contributed by atoms with Gasteiger partial charge in [-0.25, -0.2) is 0 Å². The summed E-state index contributed by atoms with van der Waals surface area (Å²) in [6, 6.07) is 1.28. The molecule has 0 heterocycles. The van der Waals surface area contributed by atoms with Crippen molar-refractivity contribution < 1.29 is 4.43 Å². The third-order valence-corrected chi connectivity index (χ3v) is 3.05. The highest BCUT2D eigenvalue weighted by atomic mass is 28.2. The summed E-state index contributed by atoms with van der Waals surface area (Å²) in [7, 11) is 0.755. The number of unbranched alkanes of at least 4 members (excludes halogenated alkanes) is 5. The van der Waals surface area contributed by atoms with E-state index in [1.54, 1.807) is 0 Å². The van der Waals surface area contributed by atoms with E-state index in [0.29, 0.717) is 0 Å². The lowest BCUT2D eigenvalue weighted by atomic mass is 10.2. The van der Waals surface area contributed by atoms with E-state index < -0.39 is 0 Å². The zero-order chi connectivity index (χ0) is 9.78. The maximum absolute atomic E-state index is 5.54. The van der Waals surface area contributed by atoms with Crippen LogP contribution in [0.25, 0.3) is 0 Å². The molecular weight excluding hydrogens is 176 g/mol. The molecule has 13 heavy (non-hydrogen) atoms. The molecule has 0 bridgehead atoms. The molecule has 0 aromatic heterocycles. The van der Waals surface area contributed by atoms with Gasteiger partial charge in [-0.2, -0.15) is 0 Å². The van der Waals surface area contributed by atoms with Crippen LogP contribution >= 0.6 is 0 Å². The van der Waals surface area contributed by atoms with E-state index in [1.807, 2.05) is 0 Å². The zero-order valence-electron chi connectivity index (χ0n) is 9.27. The van der Waals surface area contributed by atoms with Gasteiger partial charge in [0.1, 0.15) is 0 Å². The third-order valence-electron chi connectivity index (χ3n) is 2.08. The molecule has 78 valence electrons. The van der Waals surface area contributed by atoms with Crippen LogP contribution in [0.1, 0.15) is 58.8 Å². The Labute approximate surface area is 86.2 Å². The minimum atomic E-state index is 0.755. The van der Waals surface area contributed by atoms with Crippen LogP contribution in [0.5, 0.6) is 0 Å². The first-order chi connectivity index (χ1) is 6.41. The molecule has 0 aromatic carbocycles. The van der Waals surface area contributed by atoms with Crippen LogP contribution in [0.4, 0.5) is 0 Å². The molecule has 0 spiro atoms. The molecule has 0 aliphatic carbocycles. The summed E-state index contributed by atoms with van der Waals surface area (Å²) in [5, 5.41) is 0. The highest BCUT2D eigenvalue weighted by Crippen LogP contribution is 2.02. The topological polar surface area (TPSA) is 9.23 Å². The van der Waals surface area contributed by atoms with Gasteiger partial charge < -0.3 is 4.43 Å². The SMILES string of the molecule is CCCCCC[Si]OCCCCC. The second-order valence-electron chi connectivity index (χ2n) is 3.51. The molecule has 0 unspecified atom stereocenters. The minimum Gasteiger partial charge on any atom is -0.417 e. The Balaban J connectivity index is 2.76. The highest BCUT2D eigenvalue weighted by molar-refractivity contribution is 6.26. The zero-order valence-corrected chi connectivity index (χ0v) is 10.3. The van der Waals surface area contributed by atoms with Crippen molar-refractivity contribution in [1.29, 1.82) is 0 Å². The summed E-state index contributed by atoms with van der Waals surface area (Å²) < 4.78 is 5.54. The molecule has 2 heteroatoms. The van der Waals surface area contributed by atoms with Gasteiger partial charge >= 0.3 is 0 Å². The largest absolute Gasteiger partial charge is 0.417 e. The van der Waals surface area contributed by atoms with Gasteiger partial charge in [0.05, 0.1) is 0 Å². The smallest absolute Gasteiger partial charge is 0.229 e. The predicted octanol–water partition coefficient (Wildman–Crippen LogP) is 3.81. The highest BCUT2D eigenvalue weighted by Gasteiger charge is 1.92. The van der Waals surface area contributed by atoms with Crippen LogP contribution in [0.15, 0.2) is 0 Å². The second-order valence-corrected chi connectivity index (χ2v) is 4.59. The summed E-state index contributed by atoms with van der Waals surface area (Å²) in [5.41, 5.74) is 0. The number of hydrogen-bond donors (Lipinski definition) is 0. The average molecular weight is 200 g/mol. The van der Waals surface area contributed by atoms with E-state index in [9.17, 15) is 0 Å². The van der Waals surface area contributed by atoms with E-state index in [1.165, 1.54) is 51.0 Å². The Morgan fingerprint density at radius 3 is 2.23 bits per heavy atom. The first-order valence-corrected chi connectivity index (χ1v) is 6.88. The molecule has 1 nitrogen and oxygen atoms in total. The van der Waals surface area contributed by atoms with Crippen LogP contribution < -0.4 is 0 Å². The van der Waals surface area contributed by atoms with Crippen molar-refractivity contribution in [2.24, 2.45) is 0 Å². The van der Waals surface area contributed by atoms with E-state index in [2.05, 4.69) is 13.8 Å². The van der Waals surface area contributed by atoms with Crippen LogP contribution in [-0.4, -0.2) is 16.4 Å². The summed E-state index contributed by atoms with van der Waals surface area (Å²) in [6.45, 7) is 5.47. The summed E-state index contributed by atoms with van der Waals surface area (Å²) in [4.78, 5) is 0. The van der Waals surface area contributed by atoms with E-state index in [4.69, 9.17) is 4.43 Å². The molecule has 0 aromatic rings. The van der Waals surface area contributed by atoms with Gasteiger partial charge in [0.2, 0.25) is 9.76 Å². The van der Waals surface area contributed by atoms with Crippen molar-refractivity contribution in [2.75, 3.05) is 6.61 Å². The van der Waals surface area contributed by atoms with Crippen molar-refractivity contribution in [3.63, 3.8) is 0 Å². The fourth-order valence-electron chi connectivity index (χ4n) is 1.19. The standard InChI is InChI=1S/C11H24OSi/c1-3-5-7-9-11-13-12-10-8-6-4-2/h3-11H2,1-2H3. The number of rotatable bonds is 10. The Kier molecular flexibility index (Phi) is 12.3. The molecule has 0 atom stereocenters. The maximum atomic E-state index is 5.54. The second kappa shape index (κ2) is 12.2. The lowest BCUT2D eigenvalue weighted by Gasteiger charge is -2.01. The van der Waals surface area contributed by atoms with Gasteiger partial charge in [-0.15, -0.1) is 0 Å². The van der Waals surface area contributed by atoms with Crippen LogP contribution in [0.3, 0.4) is 0 Å². The predicted molar refractivity (Wildman–Crippen MR) is 60.2 cm³/mol. The van der Waals surface area contributed by atoms with E-state index >= 15 is 0 Å². The molecule has 2 radical (unpaired) electrons. The molecule has 0 aliphatic rings. The molecule has 0 rings (SSSR count). The molecule has 0 aliphatic heterocycles. The fourth-order valence-corrected chi connectivity index (χ4v) is 2.02. The van der Waals surface area contributed by atoms with Crippen LogP contribution in [0, 0.1) is 0 Å². The van der Waals surface area contributed by atoms with Gasteiger partial charge in [-0.3, -0.25) is 0 Å². The first-order valence-electron chi connectivity index (χ1n) is 5.76. The normalized spacial score (nSPS) is 10.6. The van der Waals surface area contributed by atoms with Gasteiger partial charge in [0.25, 0.3) is 0 Å². The maximum Gasteiger partial charge on any atom is 0.229 e. The molecule has 0 fully saturated rings. The van der Waals surface area contributed by atoms with Gasteiger partial charge in [-0.1, -0.05) is 52.4 Å². The van der Waals surface area contributed by atoms with Crippen molar-refractivity contribution in [1.82, 2.24) is 0 Å². The fraction of sp³-hybridized carbons (Fsp3) is 1.00. The lowest BCUT2D eigenvalue weighted by molar-refractivity contribution is 0.321. The first kappa shape index (κ1) is 13.2. The summed E-state index contributed by atoms with van der Waals surface area (Å²) >= 11 is 0. The minimum absolute atomic E-state index is 0.755. The van der Waals surface area contributed by atoms with Crippen molar-refractivity contribution in [3.05, 3.63) is 0 Å².